The molecule has 4 rings (SSSR count). The number of carbonyl (C=O) groups is 1. The summed E-state index contributed by atoms with van der Waals surface area (Å²) in [5, 5.41) is 19.4. The van der Waals surface area contributed by atoms with Gasteiger partial charge in [-0.2, -0.15) is 10.2 Å². The van der Waals surface area contributed by atoms with Crippen LogP contribution in [0.2, 0.25) is 0 Å². The molecule has 0 fully saturated rings. The topological polar surface area (TPSA) is 128 Å². The van der Waals surface area contributed by atoms with E-state index in [1.807, 2.05) is 30.3 Å². The minimum atomic E-state index is -0.625. The van der Waals surface area contributed by atoms with Crippen LogP contribution in [0.4, 0.5) is 5.88 Å². The van der Waals surface area contributed by atoms with E-state index >= 15 is 0 Å². The zero-order valence-electron chi connectivity index (χ0n) is 15.4. The van der Waals surface area contributed by atoms with Crippen LogP contribution in [0.15, 0.2) is 82.7 Å². The monoisotopic (exact) mass is 402 g/mol. The van der Waals surface area contributed by atoms with Gasteiger partial charge < -0.3 is 4.42 Å². The number of hydrazone groups is 1. The molecular formula is C20H14N6O4. The van der Waals surface area contributed by atoms with Crippen LogP contribution in [0.25, 0.3) is 17.1 Å². The number of carbonyl (C=O) groups excluding carboxylic acids is 1. The van der Waals surface area contributed by atoms with Gasteiger partial charge in [-0.1, -0.05) is 18.2 Å². The number of pyridine rings is 1. The number of amides is 1. The lowest BCUT2D eigenvalue weighted by molar-refractivity contribution is -0.401. The molecule has 0 aliphatic carbocycles. The van der Waals surface area contributed by atoms with E-state index in [1.165, 1.54) is 24.5 Å². The molecule has 1 aromatic carbocycles. The Hall–Kier alpha value is -4.60. The summed E-state index contributed by atoms with van der Waals surface area (Å²) in [4.78, 5) is 26.3. The number of rotatable bonds is 6. The third-order valence-electron chi connectivity index (χ3n) is 4.06. The molecular weight excluding hydrogens is 388 g/mol. The first-order valence-electron chi connectivity index (χ1n) is 8.75. The van der Waals surface area contributed by atoms with Crippen LogP contribution in [0.5, 0.6) is 0 Å². The van der Waals surface area contributed by atoms with E-state index < -0.39 is 16.7 Å². The van der Waals surface area contributed by atoms with Crippen LogP contribution in [0.1, 0.15) is 15.9 Å². The van der Waals surface area contributed by atoms with E-state index in [0.29, 0.717) is 16.8 Å². The van der Waals surface area contributed by atoms with Crippen molar-refractivity contribution in [2.24, 2.45) is 5.10 Å². The molecule has 0 saturated heterocycles. The van der Waals surface area contributed by atoms with Gasteiger partial charge in [-0.3, -0.25) is 19.9 Å². The normalized spacial score (nSPS) is 10.9. The molecule has 4 aromatic rings. The summed E-state index contributed by atoms with van der Waals surface area (Å²) < 4.78 is 6.88. The summed E-state index contributed by atoms with van der Waals surface area (Å²) in [5.74, 6) is -0.617. The van der Waals surface area contributed by atoms with Gasteiger partial charge in [0, 0.05) is 24.2 Å². The second-order valence-electron chi connectivity index (χ2n) is 6.05. The highest BCUT2D eigenvalue weighted by atomic mass is 16.6. The molecule has 3 heterocycles. The number of para-hydroxylation sites is 1. The minimum absolute atomic E-state index is 0.205. The van der Waals surface area contributed by atoms with Crippen molar-refractivity contribution in [2.75, 3.05) is 0 Å². The first-order chi connectivity index (χ1) is 14.6. The Bertz CT molecular complexity index is 1210. The van der Waals surface area contributed by atoms with Gasteiger partial charge in [0.15, 0.2) is 5.76 Å². The van der Waals surface area contributed by atoms with Crippen molar-refractivity contribution in [3.05, 3.63) is 94.4 Å². The summed E-state index contributed by atoms with van der Waals surface area (Å²) in [6, 6.07) is 15.3. The molecule has 1 N–H and O–H groups in total. The Labute approximate surface area is 169 Å². The lowest BCUT2D eigenvalue weighted by Gasteiger charge is -1.98. The maximum atomic E-state index is 12.1. The Kier molecular flexibility index (Phi) is 5.12. The first kappa shape index (κ1) is 18.7. The number of furan rings is 1. The highest BCUT2D eigenvalue weighted by Crippen LogP contribution is 2.27. The van der Waals surface area contributed by atoms with Crippen molar-refractivity contribution < 1.29 is 14.1 Å². The molecule has 0 spiro atoms. The van der Waals surface area contributed by atoms with Crippen LogP contribution in [0, 0.1) is 10.1 Å². The van der Waals surface area contributed by atoms with Crippen LogP contribution >= 0.6 is 0 Å². The average Bonchev–Trinajstić information content (AvgIpc) is 3.42. The van der Waals surface area contributed by atoms with Crippen molar-refractivity contribution in [2.45, 2.75) is 0 Å². The molecule has 148 valence electrons. The third-order valence-corrected chi connectivity index (χ3v) is 4.06. The first-order valence-corrected chi connectivity index (χ1v) is 8.75. The standard InChI is InChI=1S/C20H14N6O4/c27-20(14-5-4-10-21-11-14)23-22-12-15-13-25(16-6-2-1-3-7-16)24-19(15)17-8-9-18(30-17)26(28)29/h1-13H,(H,23,27)/b22-12+. The summed E-state index contributed by atoms with van der Waals surface area (Å²) in [6.45, 7) is 0. The van der Waals surface area contributed by atoms with Gasteiger partial charge in [0.2, 0.25) is 0 Å². The molecule has 1 amide bonds. The van der Waals surface area contributed by atoms with E-state index in [1.54, 1.807) is 29.2 Å². The van der Waals surface area contributed by atoms with Gasteiger partial charge in [-0.25, -0.2) is 10.1 Å². The predicted molar refractivity (Wildman–Crippen MR) is 107 cm³/mol. The zero-order valence-corrected chi connectivity index (χ0v) is 15.4. The van der Waals surface area contributed by atoms with Crippen LogP contribution in [-0.4, -0.2) is 31.8 Å². The molecule has 0 atom stereocenters. The van der Waals surface area contributed by atoms with Crippen molar-refractivity contribution in [3.63, 3.8) is 0 Å². The maximum Gasteiger partial charge on any atom is 0.433 e. The van der Waals surface area contributed by atoms with Gasteiger partial charge in [-0.05, 0) is 30.3 Å². The molecule has 0 aliphatic rings. The van der Waals surface area contributed by atoms with Gasteiger partial charge in [0.1, 0.15) is 10.6 Å². The van der Waals surface area contributed by atoms with Crippen molar-refractivity contribution >= 4 is 18.0 Å². The number of nitrogens with zero attached hydrogens (tertiary/aromatic N) is 5. The van der Waals surface area contributed by atoms with E-state index in [4.69, 9.17) is 4.42 Å². The number of hydrogen-bond acceptors (Lipinski definition) is 7. The molecule has 3 aromatic heterocycles. The highest BCUT2D eigenvalue weighted by molar-refractivity contribution is 5.95. The molecule has 0 bridgehead atoms. The fourth-order valence-electron chi connectivity index (χ4n) is 2.66. The Morgan fingerprint density at radius 3 is 2.70 bits per heavy atom. The molecule has 0 unspecified atom stereocenters. The largest absolute Gasteiger partial charge is 0.433 e. The number of nitrogens with one attached hydrogen (secondary N) is 1. The number of nitro groups is 1. The highest BCUT2D eigenvalue weighted by Gasteiger charge is 2.19. The van der Waals surface area contributed by atoms with E-state index in [0.717, 1.165) is 5.69 Å². The fraction of sp³-hybridized carbons (Fsp3) is 0. The molecule has 0 aliphatic heterocycles. The molecule has 0 saturated carbocycles. The Morgan fingerprint density at radius 2 is 2.00 bits per heavy atom. The number of aromatic nitrogens is 3. The minimum Gasteiger partial charge on any atom is -0.399 e. The van der Waals surface area contributed by atoms with E-state index in [9.17, 15) is 14.9 Å². The molecule has 0 radical (unpaired) electrons. The zero-order chi connectivity index (χ0) is 20.9. The van der Waals surface area contributed by atoms with Gasteiger partial charge in [-0.15, -0.1) is 0 Å². The summed E-state index contributed by atoms with van der Waals surface area (Å²) in [5.41, 5.74) is 4.38. The average molecular weight is 402 g/mol. The smallest absolute Gasteiger partial charge is 0.399 e. The second kappa shape index (κ2) is 8.19. The Balaban J connectivity index is 1.65. The van der Waals surface area contributed by atoms with Gasteiger partial charge in [0.25, 0.3) is 5.91 Å². The number of hydrogen-bond donors (Lipinski definition) is 1. The SMILES string of the molecule is O=C(N/N=C/c1cn(-c2ccccc2)nc1-c1ccc([N+](=O)[O-])o1)c1cccnc1. The maximum absolute atomic E-state index is 12.1. The van der Waals surface area contributed by atoms with Gasteiger partial charge in [0.05, 0.1) is 23.5 Å². The van der Waals surface area contributed by atoms with Crippen molar-refractivity contribution in [1.82, 2.24) is 20.2 Å². The number of benzene rings is 1. The Morgan fingerprint density at radius 1 is 1.17 bits per heavy atom. The lowest BCUT2D eigenvalue weighted by Crippen LogP contribution is -2.17. The molecule has 30 heavy (non-hydrogen) atoms. The molecule has 10 heteroatoms. The van der Waals surface area contributed by atoms with Crippen LogP contribution in [0.3, 0.4) is 0 Å². The molecule has 10 nitrogen and oxygen atoms in total. The summed E-state index contributed by atoms with van der Waals surface area (Å²) in [6.07, 6.45) is 6.06. The van der Waals surface area contributed by atoms with Gasteiger partial charge >= 0.3 is 5.88 Å². The fourth-order valence-corrected chi connectivity index (χ4v) is 2.66. The third kappa shape index (κ3) is 3.97. The van der Waals surface area contributed by atoms with Crippen LogP contribution < -0.4 is 5.43 Å². The van der Waals surface area contributed by atoms with Crippen LogP contribution in [-0.2, 0) is 0 Å². The second-order valence-corrected chi connectivity index (χ2v) is 6.05. The summed E-state index contributed by atoms with van der Waals surface area (Å²) >= 11 is 0. The van der Waals surface area contributed by atoms with E-state index in [2.05, 4.69) is 20.6 Å². The van der Waals surface area contributed by atoms with Crippen molar-refractivity contribution in [1.29, 1.82) is 0 Å². The predicted octanol–water partition coefficient (Wildman–Crippen LogP) is 3.20. The van der Waals surface area contributed by atoms with E-state index in [-0.39, 0.29) is 5.76 Å². The lowest BCUT2D eigenvalue weighted by atomic mass is 10.2. The summed E-state index contributed by atoms with van der Waals surface area (Å²) in [7, 11) is 0. The quantitative estimate of drug-likeness (QED) is 0.300. The van der Waals surface area contributed by atoms with Crippen molar-refractivity contribution in [3.8, 4) is 17.1 Å².